The summed E-state index contributed by atoms with van der Waals surface area (Å²) in [4.78, 5) is 0. The number of furan rings is 1. The summed E-state index contributed by atoms with van der Waals surface area (Å²) in [6.45, 7) is 0. The summed E-state index contributed by atoms with van der Waals surface area (Å²) in [7, 11) is 0. The van der Waals surface area contributed by atoms with Crippen molar-refractivity contribution < 1.29 is 14.0 Å². The van der Waals surface area contributed by atoms with E-state index in [1.165, 1.54) is 12.3 Å². The zero-order valence-electron chi connectivity index (χ0n) is 4.37. The van der Waals surface area contributed by atoms with Crippen molar-refractivity contribution in [3.63, 3.8) is 0 Å². The van der Waals surface area contributed by atoms with Crippen LogP contribution in [-0.4, -0.2) is 10.3 Å². The smallest absolute Gasteiger partial charge is 0.284 e. The molecule has 2 rings (SSSR count). The van der Waals surface area contributed by atoms with Gasteiger partial charge in [0.1, 0.15) is 0 Å². The fraction of sp³-hybridized carbons (Fsp3) is 0. The zero-order chi connectivity index (χ0) is 6.27. The lowest BCUT2D eigenvalue weighted by Gasteiger charge is -1.72. The predicted octanol–water partition coefficient (Wildman–Crippen LogP) is 1.13. The number of nitrogens with zero attached hydrogens (tertiary/aromatic N) is 1. The minimum Gasteiger partial charge on any atom is -0.481 e. The highest BCUT2D eigenvalue weighted by Crippen LogP contribution is 2.21. The molecule has 0 aromatic carbocycles. The van der Waals surface area contributed by atoms with E-state index in [1.807, 2.05) is 0 Å². The summed E-state index contributed by atoms with van der Waals surface area (Å²) in [5, 5.41) is 12.2. The van der Waals surface area contributed by atoms with Crippen molar-refractivity contribution in [1.29, 1.82) is 0 Å². The fourth-order valence-electron chi connectivity index (χ4n) is 0.669. The summed E-state index contributed by atoms with van der Waals surface area (Å²) in [5.74, 6) is -0.136. The Hall–Kier alpha value is -1.45. The number of aromatic nitrogens is 1. The highest BCUT2D eigenvalue weighted by atomic mass is 16.5. The van der Waals surface area contributed by atoms with E-state index in [0.29, 0.717) is 11.1 Å². The number of fused-ring (bicyclic) bond motifs is 1. The summed E-state index contributed by atoms with van der Waals surface area (Å²) >= 11 is 0. The number of hydrogen-bond donors (Lipinski definition) is 1. The van der Waals surface area contributed by atoms with Gasteiger partial charge < -0.3 is 14.0 Å². The van der Waals surface area contributed by atoms with Crippen molar-refractivity contribution in [2.75, 3.05) is 0 Å². The molecule has 0 aliphatic carbocycles. The average Bonchev–Trinajstić information content (AvgIpc) is 2.22. The fourth-order valence-corrected chi connectivity index (χ4v) is 0.669. The molecule has 0 bridgehead atoms. The Labute approximate surface area is 49.7 Å². The summed E-state index contributed by atoms with van der Waals surface area (Å²) in [6.07, 6.45) is 1.33. The molecule has 0 saturated heterocycles. The van der Waals surface area contributed by atoms with Gasteiger partial charge in [-0.1, -0.05) is 5.16 Å². The second kappa shape index (κ2) is 1.28. The monoisotopic (exact) mass is 125 g/mol. The van der Waals surface area contributed by atoms with Crippen molar-refractivity contribution in [3.8, 4) is 5.95 Å². The van der Waals surface area contributed by atoms with E-state index in [0.717, 1.165) is 0 Å². The van der Waals surface area contributed by atoms with Crippen LogP contribution in [0.4, 0.5) is 0 Å². The lowest BCUT2D eigenvalue weighted by atomic mass is 10.5. The summed E-state index contributed by atoms with van der Waals surface area (Å²) in [6, 6.07) is 1.39. The van der Waals surface area contributed by atoms with Gasteiger partial charge in [-0.15, -0.1) is 0 Å². The van der Waals surface area contributed by atoms with Crippen LogP contribution >= 0.6 is 0 Å². The largest absolute Gasteiger partial charge is 0.481 e. The molecule has 9 heavy (non-hydrogen) atoms. The molecule has 0 amide bonds. The van der Waals surface area contributed by atoms with Gasteiger partial charge in [-0.05, 0) is 0 Å². The van der Waals surface area contributed by atoms with E-state index in [-0.39, 0.29) is 5.95 Å². The molecule has 4 heteroatoms. The minimum atomic E-state index is -0.136. The zero-order valence-corrected chi connectivity index (χ0v) is 4.37. The number of rotatable bonds is 0. The van der Waals surface area contributed by atoms with Crippen molar-refractivity contribution >= 4 is 11.1 Å². The van der Waals surface area contributed by atoms with Crippen molar-refractivity contribution in [2.45, 2.75) is 0 Å². The quantitative estimate of drug-likeness (QED) is 0.573. The van der Waals surface area contributed by atoms with Crippen LogP contribution in [0.3, 0.4) is 0 Å². The average molecular weight is 125 g/mol. The summed E-state index contributed by atoms with van der Waals surface area (Å²) < 4.78 is 9.21. The molecule has 0 fully saturated rings. The molecule has 0 saturated carbocycles. The maximum absolute atomic E-state index is 8.70. The van der Waals surface area contributed by atoms with Crippen LogP contribution in [0.15, 0.2) is 21.3 Å². The molecule has 2 aromatic rings. The van der Waals surface area contributed by atoms with Crippen LogP contribution in [-0.2, 0) is 0 Å². The topological polar surface area (TPSA) is 59.4 Å². The van der Waals surface area contributed by atoms with Crippen molar-refractivity contribution in [3.05, 3.63) is 12.3 Å². The maximum atomic E-state index is 8.70. The molecule has 0 aliphatic heterocycles. The van der Waals surface area contributed by atoms with E-state index in [2.05, 4.69) is 9.68 Å². The first-order chi connectivity index (χ1) is 4.36. The standard InChI is InChI=1S/C5H3NO3/c7-5-1-3-4(9-5)2-8-6-3/h1-2,7H. The first kappa shape index (κ1) is 4.43. The molecule has 0 unspecified atom stereocenters. The minimum absolute atomic E-state index is 0.136. The van der Waals surface area contributed by atoms with Gasteiger partial charge in [0.25, 0.3) is 5.95 Å². The van der Waals surface area contributed by atoms with Crippen LogP contribution in [0.2, 0.25) is 0 Å². The number of aromatic hydroxyl groups is 1. The van der Waals surface area contributed by atoms with Crippen LogP contribution in [0.5, 0.6) is 5.95 Å². The first-order valence-corrected chi connectivity index (χ1v) is 2.39. The van der Waals surface area contributed by atoms with E-state index >= 15 is 0 Å². The number of hydrogen-bond acceptors (Lipinski definition) is 4. The third-order valence-corrected chi connectivity index (χ3v) is 1.04. The van der Waals surface area contributed by atoms with Gasteiger partial charge in [0.05, 0.1) is 6.07 Å². The predicted molar refractivity (Wildman–Crippen MR) is 27.9 cm³/mol. The van der Waals surface area contributed by atoms with Crippen molar-refractivity contribution in [2.24, 2.45) is 0 Å². The normalized spacial score (nSPS) is 10.7. The second-order valence-corrected chi connectivity index (χ2v) is 1.65. The second-order valence-electron chi connectivity index (χ2n) is 1.65. The van der Waals surface area contributed by atoms with Gasteiger partial charge in [-0.25, -0.2) is 0 Å². The van der Waals surface area contributed by atoms with Gasteiger partial charge in [0, 0.05) is 0 Å². The van der Waals surface area contributed by atoms with Crippen LogP contribution < -0.4 is 0 Å². The third kappa shape index (κ3) is 0.495. The molecule has 46 valence electrons. The molecule has 0 aliphatic rings. The molecule has 2 heterocycles. The summed E-state index contributed by atoms with van der Waals surface area (Å²) in [5.41, 5.74) is 1.00. The van der Waals surface area contributed by atoms with Gasteiger partial charge in [-0.2, -0.15) is 0 Å². The molecule has 0 spiro atoms. The molecule has 1 N–H and O–H groups in total. The highest BCUT2D eigenvalue weighted by molar-refractivity contribution is 5.72. The van der Waals surface area contributed by atoms with Crippen molar-refractivity contribution in [1.82, 2.24) is 5.16 Å². The van der Waals surface area contributed by atoms with E-state index in [1.54, 1.807) is 0 Å². The van der Waals surface area contributed by atoms with Gasteiger partial charge >= 0.3 is 0 Å². The van der Waals surface area contributed by atoms with Gasteiger partial charge in [0.15, 0.2) is 17.4 Å². The van der Waals surface area contributed by atoms with Crippen LogP contribution in [0.25, 0.3) is 11.1 Å². The molecule has 0 atom stereocenters. The van der Waals surface area contributed by atoms with E-state index in [9.17, 15) is 0 Å². The Kier molecular flexibility index (Phi) is 0.631. The Morgan fingerprint density at radius 3 is 3.22 bits per heavy atom. The van der Waals surface area contributed by atoms with Gasteiger partial charge in [0.2, 0.25) is 0 Å². The van der Waals surface area contributed by atoms with Gasteiger partial charge in [-0.3, -0.25) is 0 Å². The Balaban J connectivity index is 2.92. The highest BCUT2D eigenvalue weighted by Gasteiger charge is 2.03. The third-order valence-electron chi connectivity index (χ3n) is 1.04. The Bertz CT molecular complexity index is 293. The molecular weight excluding hydrogens is 122 g/mol. The van der Waals surface area contributed by atoms with E-state index < -0.39 is 0 Å². The molecule has 4 nitrogen and oxygen atoms in total. The van der Waals surface area contributed by atoms with Crippen LogP contribution in [0.1, 0.15) is 0 Å². The molecular formula is C5H3NO3. The van der Waals surface area contributed by atoms with E-state index in [4.69, 9.17) is 9.52 Å². The Morgan fingerprint density at radius 1 is 1.56 bits per heavy atom. The van der Waals surface area contributed by atoms with Crippen LogP contribution in [0, 0.1) is 0 Å². The lowest BCUT2D eigenvalue weighted by molar-refractivity contribution is 0.341. The lowest BCUT2D eigenvalue weighted by Crippen LogP contribution is -1.51. The SMILES string of the molecule is Oc1cc2nocc2o1. The molecule has 0 radical (unpaired) electrons. The Morgan fingerprint density at radius 2 is 2.44 bits per heavy atom. The maximum Gasteiger partial charge on any atom is 0.284 e. The first-order valence-electron chi connectivity index (χ1n) is 2.39. The molecule has 2 aromatic heterocycles.